The first-order valence-electron chi connectivity index (χ1n) is 6.76. The van der Waals surface area contributed by atoms with Gasteiger partial charge in [0.15, 0.2) is 0 Å². The number of aliphatic carboxylic acids is 1. The summed E-state index contributed by atoms with van der Waals surface area (Å²) >= 11 is 0. The van der Waals surface area contributed by atoms with Gasteiger partial charge < -0.3 is 9.84 Å². The summed E-state index contributed by atoms with van der Waals surface area (Å²) in [5, 5.41) is 12.5. The third-order valence-corrected chi connectivity index (χ3v) is 3.34. The summed E-state index contributed by atoms with van der Waals surface area (Å²) in [5.74, 6) is -1.45. The van der Waals surface area contributed by atoms with Crippen LogP contribution in [0.5, 0.6) is 5.88 Å². The first kappa shape index (κ1) is 15.3. The van der Waals surface area contributed by atoms with Crippen LogP contribution in [0.15, 0.2) is 23.0 Å². The Bertz CT molecular complexity index is 840. The molecule has 0 aliphatic heterocycles. The predicted octanol–water partition coefficient (Wildman–Crippen LogP) is 2.04. The van der Waals surface area contributed by atoms with E-state index in [1.807, 2.05) is 0 Å². The molecule has 1 heterocycles. The first-order chi connectivity index (χ1) is 10.8. The summed E-state index contributed by atoms with van der Waals surface area (Å²) in [7, 11) is 0. The van der Waals surface area contributed by atoms with Crippen LogP contribution in [0.1, 0.15) is 18.4 Å². The topological polar surface area (TPSA) is 81.4 Å². The number of aromatic nitrogens is 2. The largest absolute Gasteiger partial charge is 0.480 e. The normalized spacial score (nSPS) is 14.9. The van der Waals surface area contributed by atoms with Crippen LogP contribution in [0.25, 0.3) is 10.8 Å². The third-order valence-electron chi connectivity index (χ3n) is 3.34. The molecule has 0 bridgehead atoms. The average molecular weight is 328 g/mol. The van der Waals surface area contributed by atoms with E-state index < -0.39 is 29.8 Å². The van der Waals surface area contributed by atoms with E-state index in [-0.39, 0.29) is 22.8 Å². The van der Waals surface area contributed by atoms with Crippen LogP contribution in [0.3, 0.4) is 0 Å². The molecule has 0 saturated heterocycles. The van der Waals surface area contributed by atoms with Crippen LogP contribution in [0.2, 0.25) is 0 Å². The van der Waals surface area contributed by atoms with Crippen molar-refractivity contribution in [1.29, 1.82) is 0 Å². The predicted molar refractivity (Wildman–Crippen MR) is 72.3 cm³/mol. The fourth-order valence-electron chi connectivity index (χ4n) is 2.10. The lowest BCUT2D eigenvalue weighted by atomic mass is 10.1. The smallest absolute Gasteiger partial charge is 0.416 e. The summed E-state index contributed by atoms with van der Waals surface area (Å²) < 4.78 is 44.7. The van der Waals surface area contributed by atoms with Gasteiger partial charge in [-0.15, -0.1) is 5.10 Å². The van der Waals surface area contributed by atoms with Gasteiger partial charge in [0.1, 0.15) is 12.6 Å². The average Bonchev–Trinajstić information content (AvgIpc) is 3.26. The summed E-state index contributed by atoms with van der Waals surface area (Å²) in [6.45, 7) is -0.698. The number of hydrogen-bond donors (Lipinski definition) is 1. The molecule has 0 atom stereocenters. The number of alkyl halides is 3. The maximum Gasteiger partial charge on any atom is 0.416 e. The van der Waals surface area contributed by atoms with E-state index in [0.717, 1.165) is 31.0 Å². The number of ether oxygens (including phenoxy) is 1. The molecule has 6 nitrogen and oxygen atoms in total. The molecule has 1 aromatic carbocycles. The monoisotopic (exact) mass is 328 g/mol. The molecule has 3 rings (SSSR count). The van der Waals surface area contributed by atoms with Crippen LogP contribution < -0.4 is 10.3 Å². The first-order valence-corrected chi connectivity index (χ1v) is 6.76. The minimum absolute atomic E-state index is 0.0649. The van der Waals surface area contributed by atoms with Crippen molar-refractivity contribution in [1.82, 2.24) is 9.78 Å². The number of carboxylic acids is 1. The Labute approximate surface area is 127 Å². The molecular weight excluding hydrogens is 317 g/mol. The Morgan fingerprint density at radius 1 is 1.35 bits per heavy atom. The highest BCUT2D eigenvalue weighted by atomic mass is 19.4. The number of fused-ring (bicyclic) bond motifs is 1. The number of nitrogens with zero attached hydrogens (tertiary/aromatic N) is 2. The second kappa shape index (κ2) is 5.25. The van der Waals surface area contributed by atoms with Gasteiger partial charge in [-0.3, -0.25) is 9.59 Å². The Morgan fingerprint density at radius 2 is 2.04 bits per heavy atom. The van der Waals surface area contributed by atoms with Crippen molar-refractivity contribution < 1.29 is 27.8 Å². The van der Waals surface area contributed by atoms with Crippen molar-refractivity contribution in [2.45, 2.75) is 31.7 Å². The highest BCUT2D eigenvalue weighted by Gasteiger charge is 2.32. The van der Waals surface area contributed by atoms with Crippen LogP contribution in [0.4, 0.5) is 13.2 Å². The van der Waals surface area contributed by atoms with Gasteiger partial charge in [-0.1, -0.05) is 0 Å². The van der Waals surface area contributed by atoms with Gasteiger partial charge in [0, 0.05) is 0 Å². The molecule has 0 amide bonds. The van der Waals surface area contributed by atoms with E-state index in [1.165, 1.54) is 0 Å². The molecule has 0 radical (unpaired) electrons. The lowest BCUT2D eigenvalue weighted by molar-refractivity contribution is -0.138. The number of rotatable bonds is 4. The Balaban J connectivity index is 2.21. The van der Waals surface area contributed by atoms with Crippen molar-refractivity contribution in [3.05, 3.63) is 34.1 Å². The van der Waals surface area contributed by atoms with E-state index >= 15 is 0 Å². The molecule has 1 aliphatic rings. The highest BCUT2D eigenvalue weighted by Crippen LogP contribution is 2.34. The van der Waals surface area contributed by atoms with Crippen LogP contribution >= 0.6 is 0 Å². The molecule has 23 heavy (non-hydrogen) atoms. The van der Waals surface area contributed by atoms with E-state index in [2.05, 4.69) is 5.10 Å². The Morgan fingerprint density at radius 3 is 2.61 bits per heavy atom. The van der Waals surface area contributed by atoms with Gasteiger partial charge in [-0.05, 0) is 31.0 Å². The third kappa shape index (κ3) is 3.13. The summed E-state index contributed by atoms with van der Waals surface area (Å²) in [6, 6.07) is 2.59. The summed E-state index contributed by atoms with van der Waals surface area (Å²) in [5.41, 5.74) is -1.71. The molecule has 9 heteroatoms. The number of benzene rings is 1. The zero-order valence-electron chi connectivity index (χ0n) is 11.6. The van der Waals surface area contributed by atoms with E-state index in [0.29, 0.717) is 4.68 Å². The quantitative estimate of drug-likeness (QED) is 0.929. The molecule has 0 unspecified atom stereocenters. The fraction of sp³-hybridized carbons (Fsp3) is 0.357. The standard InChI is InChI=1S/C14H11F3N2O4/c15-14(16,17)7-1-4-9-10(5-7)12(23-8-2-3-8)18-19(13(9)22)6-11(20)21/h1,4-5,8H,2-3,6H2,(H,20,21). The minimum Gasteiger partial charge on any atom is -0.480 e. The van der Waals surface area contributed by atoms with Gasteiger partial charge in [0.05, 0.1) is 16.3 Å². The maximum absolute atomic E-state index is 12.9. The molecule has 1 aromatic heterocycles. The van der Waals surface area contributed by atoms with Crippen LogP contribution in [-0.2, 0) is 17.5 Å². The van der Waals surface area contributed by atoms with Gasteiger partial charge in [-0.25, -0.2) is 4.68 Å². The minimum atomic E-state index is -4.57. The van der Waals surface area contributed by atoms with Crippen LogP contribution in [0, 0.1) is 0 Å². The van der Waals surface area contributed by atoms with Crippen molar-refractivity contribution >= 4 is 16.7 Å². The molecular formula is C14H11F3N2O4. The van der Waals surface area contributed by atoms with Crippen molar-refractivity contribution in [3.63, 3.8) is 0 Å². The number of hydrogen-bond acceptors (Lipinski definition) is 4. The van der Waals surface area contributed by atoms with Gasteiger partial charge in [0.25, 0.3) is 5.56 Å². The highest BCUT2D eigenvalue weighted by molar-refractivity contribution is 5.87. The molecule has 122 valence electrons. The Kier molecular flexibility index (Phi) is 3.50. The summed E-state index contributed by atoms with van der Waals surface area (Å²) in [4.78, 5) is 23.0. The van der Waals surface area contributed by atoms with Gasteiger partial charge in [0.2, 0.25) is 5.88 Å². The molecule has 2 aromatic rings. The maximum atomic E-state index is 12.9. The molecule has 1 aliphatic carbocycles. The van der Waals surface area contributed by atoms with E-state index in [4.69, 9.17) is 9.84 Å². The lowest BCUT2D eigenvalue weighted by Crippen LogP contribution is -2.27. The zero-order chi connectivity index (χ0) is 16.8. The molecule has 1 N–H and O–H groups in total. The van der Waals surface area contributed by atoms with Crippen LogP contribution in [-0.4, -0.2) is 27.0 Å². The Hall–Kier alpha value is -2.58. The fourth-order valence-corrected chi connectivity index (χ4v) is 2.10. The van der Waals surface area contributed by atoms with E-state index in [1.54, 1.807) is 0 Å². The van der Waals surface area contributed by atoms with Crippen molar-refractivity contribution in [2.75, 3.05) is 0 Å². The number of halogens is 3. The van der Waals surface area contributed by atoms with Crippen molar-refractivity contribution in [3.8, 4) is 5.88 Å². The number of carbonyl (C=O) groups is 1. The van der Waals surface area contributed by atoms with Gasteiger partial charge in [-0.2, -0.15) is 13.2 Å². The second-order valence-electron chi connectivity index (χ2n) is 5.24. The SMILES string of the molecule is O=C(O)Cn1nc(OC2CC2)c2cc(C(F)(F)F)ccc2c1=O. The molecule has 1 saturated carbocycles. The summed E-state index contributed by atoms with van der Waals surface area (Å²) in [6.07, 6.45) is -3.27. The molecule has 1 fully saturated rings. The second-order valence-corrected chi connectivity index (χ2v) is 5.24. The van der Waals surface area contributed by atoms with E-state index in [9.17, 15) is 22.8 Å². The lowest BCUT2D eigenvalue weighted by Gasteiger charge is -2.12. The zero-order valence-corrected chi connectivity index (χ0v) is 11.6. The number of carboxylic acid groups (broad SMARTS) is 1. The van der Waals surface area contributed by atoms with Gasteiger partial charge >= 0.3 is 12.1 Å². The molecule has 0 spiro atoms. The van der Waals surface area contributed by atoms with Crippen molar-refractivity contribution in [2.24, 2.45) is 0 Å².